The normalized spacial score (nSPS) is 10.8. The number of hydrogen-bond acceptors (Lipinski definition) is 0. The fraction of sp³-hybridized carbons (Fsp3) is 0. The van der Waals surface area contributed by atoms with Crippen LogP contribution in [0.25, 0.3) is 0 Å². The van der Waals surface area contributed by atoms with Crippen LogP contribution in [0.2, 0.25) is 0 Å². The monoisotopic (exact) mass is 256 g/mol. The third kappa shape index (κ3) is 2.58. The summed E-state index contributed by atoms with van der Waals surface area (Å²) in [6, 6.07) is 12.2. The Bertz CT molecular complexity index is 456. The summed E-state index contributed by atoms with van der Waals surface area (Å²) in [4.78, 5) is 0. The largest absolute Gasteiger partial charge is 0.207 e. The van der Waals surface area contributed by atoms with E-state index in [0.29, 0.717) is 10.6 Å². The molecule has 0 nitrogen and oxygen atoms in total. The van der Waals surface area contributed by atoms with Crippen LogP contribution >= 0.6 is 18.5 Å². The molecule has 0 amide bonds. The van der Waals surface area contributed by atoms with Crippen LogP contribution in [0.1, 0.15) is 0 Å². The minimum absolute atomic E-state index is 0.331. The second kappa shape index (κ2) is 4.90. The smallest absolute Gasteiger partial charge is 0.123 e. The maximum atomic E-state index is 13.0. The molecular formula is C12H8ClF2P. The number of halogens is 3. The summed E-state index contributed by atoms with van der Waals surface area (Å²) in [5.41, 5.74) is 0. The molecule has 82 valence electrons. The molecule has 0 aliphatic heterocycles. The quantitative estimate of drug-likeness (QED) is 0.721. The second-order valence-corrected chi connectivity index (χ2v) is 5.85. The van der Waals surface area contributed by atoms with Crippen molar-refractivity contribution in [2.45, 2.75) is 0 Å². The molecule has 0 bridgehead atoms. The second-order valence-electron chi connectivity index (χ2n) is 3.24. The topological polar surface area (TPSA) is 0 Å². The van der Waals surface area contributed by atoms with E-state index < -0.39 is 7.27 Å². The van der Waals surface area contributed by atoms with E-state index in [0.717, 1.165) is 0 Å². The van der Waals surface area contributed by atoms with Gasteiger partial charge in [0.25, 0.3) is 0 Å². The molecule has 0 fully saturated rings. The lowest BCUT2D eigenvalue weighted by molar-refractivity contribution is 0.629. The molecule has 0 spiro atoms. The van der Waals surface area contributed by atoms with E-state index in [1.54, 1.807) is 24.3 Å². The zero-order chi connectivity index (χ0) is 11.5. The van der Waals surface area contributed by atoms with E-state index in [1.807, 2.05) is 0 Å². The molecule has 0 aliphatic carbocycles. The minimum Gasteiger partial charge on any atom is -0.207 e. The number of benzene rings is 2. The minimum atomic E-state index is -1.21. The lowest BCUT2D eigenvalue weighted by atomic mass is 10.3. The summed E-state index contributed by atoms with van der Waals surface area (Å²) < 4.78 is 26.0. The van der Waals surface area contributed by atoms with Crippen molar-refractivity contribution in [1.82, 2.24) is 0 Å². The first-order valence-electron chi connectivity index (χ1n) is 4.64. The van der Waals surface area contributed by atoms with Gasteiger partial charge < -0.3 is 0 Å². The summed E-state index contributed by atoms with van der Waals surface area (Å²) in [6.07, 6.45) is 0. The zero-order valence-electron chi connectivity index (χ0n) is 8.20. The van der Waals surface area contributed by atoms with Crippen LogP contribution in [0.3, 0.4) is 0 Å². The van der Waals surface area contributed by atoms with E-state index in [9.17, 15) is 8.78 Å². The average molecular weight is 257 g/mol. The lowest BCUT2D eigenvalue weighted by Gasteiger charge is -2.10. The molecule has 0 radical (unpaired) electrons. The van der Waals surface area contributed by atoms with E-state index >= 15 is 0 Å². The van der Waals surface area contributed by atoms with Gasteiger partial charge in [0.1, 0.15) is 11.6 Å². The van der Waals surface area contributed by atoms with E-state index in [1.165, 1.54) is 24.3 Å². The van der Waals surface area contributed by atoms with Crippen molar-refractivity contribution in [3.05, 3.63) is 60.2 Å². The van der Waals surface area contributed by atoms with Crippen molar-refractivity contribution < 1.29 is 8.78 Å². The third-order valence-electron chi connectivity index (χ3n) is 2.07. The van der Waals surface area contributed by atoms with Crippen LogP contribution in [0, 0.1) is 11.6 Å². The molecule has 0 aliphatic rings. The summed E-state index contributed by atoms with van der Waals surface area (Å²) >= 11 is 6.21. The lowest BCUT2D eigenvalue weighted by Crippen LogP contribution is -2.08. The van der Waals surface area contributed by atoms with Crippen LogP contribution in [-0.2, 0) is 0 Å². The van der Waals surface area contributed by atoms with Crippen molar-refractivity contribution in [3.8, 4) is 0 Å². The Morgan fingerprint density at radius 1 is 0.812 bits per heavy atom. The molecule has 2 rings (SSSR count). The molecule has 0 atom stereocenters. The van der Waals surface area contributed by atoms with Gasteiger partial charge in [0.15, 0.2) is 0 Å². The molecule has 0 saturated carbocycles. The maximum absolute atomic E-state index is 13.0. The molecule has 0 aromatic heterocycles. The highest BCUT2D eigenvalue weighted by Crippen LogP contribution is 2.38. The highest BCUT2D eigenvalue weighted by Gasteiger charge is 2.11. The number of hydrogen-bond donors (Lipinski definition) is 0. The van der Waals surface area contributed by atoms with E-state index in [2.05, 4.69) is 0 Å². The van der Waals surface area contributed by atoms with Gasteiger partial charge in [-0.1, -0.05) is 35.5 Å². The molecular weight excluding hydrogens is 249 g/mol. The Labute approximate surface area is 98.4 Å². The molecule has 0 saturated heterocycles. The fourth-order valence-electron chi connectivity index (χ4n) is 1.35. The van der Waals surface area contributed by atoms with Crippen molar-refractivity contribution in [2.24, 2.45) is 0 Å². The van der Waals surface area contributed by atoms with Gasteiger partial charge in [-0.15, -0.1) is 0 Å². The number of rotatable bonds is 2. The van der Waals surface area contributed by atoms with Gasteiger partial charge in [-0.25, -0.2) is 8.78 Å². The Balaban J connectivity index is 2.35. The van der Waals surface area contributed by atoms with Gasteiger partial charge in [0, 0.05) is 0 Å². The van der Waals surface area contributed by atoms with Gasteiger partial charge >= 0.3 is 0 Å². The van der Waals surface area contributed by atoms with Gasteiger partial charge in [-0.2, -0.15) is 0 Å². The first-order valence-corrected chi connectivity index (χ1v) is 6.88. The molecule has 2 aromatic carbocycles. The summed E-state index contributed by atoms with van der Waals surface area (Å²) in [5.74, 6) is -0.663. The molecule has 16 heavy (non-hydrogen) atoms. The van der Waals surface area contributed by atoms with Crippen LogP contribution in [0.15, 0.2) is 48.5 Å². The Morgan fingerprint density at radius 2 is 1.25 bits per heavy atom. The SMILES string of the molecule is Fc1cccc(P(Cl)c2cccc(F)c2)c1. The highest BCUT2D eigenvalue weighted by molar-refractivity contribution is 7.95. The zero-order valence-corrected chi connectivity index (χ0v) is 9.85. The van der Waals surface area contributed by atoms with Crippen molar-refractivity contribution >= 4 is 29.1 Å². The Hall–Kier alpha value is -0.980. The average Bonchev–Trinajstić information content (AvgIpc) is 2.28. The third-order valence-corrected chi connectivity index (χ3v) is 4.70. The van der Waals surface area contributed by atoms with Gasteiger partial charge in [0.05, 0.1) is 7.27 Å². The molecule has 0 N–H and O–H groups in total. The van der Waals surface area contributed by atoms with Crippen molar-refractivity contribution in [2.75, 3.05) is 0 Å². The summed E-state index contributed by atoms with van der Waals surface area (Å²) in [6.45, 7) is 0. The van der Waals surface area contributed by atoms with Crippen LogP contribution in [-0.4, -0.2) is 0 Å². The Kier molecular flexibility index (Phi) is 3.52. The predicted molar refractivity (Wildman–Crippen MR) is 64.8 cm³/mol. The summed E-state index contributed by atoms with van der Waals surface area (Å²) in [5, 5.41) is 1.37. The van der Waals surface area contributed by atoms with Crippen LogP contribution in [0.5, 0.6) is 0 Å². The van der Waals surface area contributed by atoms with Crippen molar-refractivity contribution in [1.29, 1.82) is 0 Å². The first kappa shape index (κ1) is 11.5. The van der Waals surface area contributed by atoms with Gasteiger partial charge in [-0.3, -0.25) is 0 Å². The Morgan fingerprint density at radius 3 is 1.62 bits per heavy atom. The van der Waals surface area contributed by atoms with Gasteiger partial charge in [-0.05, 0) is 34.9 Å². The molecule has 0 unspecified atom stereocenters. The first-order chi connectivity index (χ1) is 7.66. The van der Waals surface area contributed by atoms with Crippen LogP contribution < -0.4 is 10.6 Å². The van der Waals surface area contributed by atoms with Gasteiger partial charge in [0.2, 0.25) is 0 Å². The fourth-order valence-corrected chi connectivity index (χ4v) is 3.18. The van der Waals surface area contributed by atoms with E-state index in [-0.39, 0.29) is 11.6 Å². The highest BCUT2D eigenvalue weighted by atomic mass is 35.7. The van der Waals surface area contributed by atoms with Crippen molar-refractivity contribution in [3.63, 3.8) is 0 Å². The summed E-state index contributed by atoms with van der Waals surface area (Å²) in [7, 11) is -1.21. The molecule has 2 aromatic rings. The van der Waals surface area contributed by atoms with Crippen LogP contribution in [0.4, 0.5) is 8.78 Å². The predicted octanol–water partition coefficient (Wildman–Crippen LogP) is 3.55. The molecule has 4 heteroatoms. The standard InChI is InChI=1S/C12H8ClF2P/c13-16(11-5-1-3-9(14)7-11)12-6-2-4-10(15)8-12/h1-8H. The molecule has 0 heterocycles. The maximum Gasteiger partial charge on any atom is 0.123 e. The van der Waals surface area contributed by atoms with E-state index in [4.69, 9.17) is 11.2 Å².